The maximum atomic E-state index is 5.42. The van der Waals surface area contributed by atoms with E-state index in [2.05, 4.69) is 17.6 Å². The molecule has 2 fully saturated rings. The maximum absolute atomic E-state index is 5.42. The van der Waals surface area contributed by atoms with E-state index in [-0.39, 0.29) is 5.54 Å². The minimum absolute atomic E-state index is 0.122. The molecule has 2 rings (SSSR count). The van der Waals surface area contributed by atoms with Crippen LogP contribution in [0.25, 0.3) is 0 Å². The van der Waals surface area contributed by atoms with E-state index in [0.717, 1.165) is 31.2 Å². The molecule has 17 heavy (non-hydrogen) atoms. The Labute approximate surface area is 110 Å². The van der Waals surface area contributed by atoms with Crippen LogP contribution in [0.5, 0.6) is 0 Å². The summed E-state index contributed by atoms with van der Waals surface area (Å²) in [7, 11) is 0. The Bertz CT molecular complexity index is 258. The summed E-state index contributed by atoms with van der Waals surface area (Å²) in [6, 6.07) is 0.590. The van der Waals surface area contributed by atoms with Gasteiger partial charge in [0.2, 0.25) is 0 Å². The smallest absolute Gasteiger partial charge is 0.166 e. The minimum atomic E-state index is 0.122. The predicted octanol–water partition coefficient (Wildman–Crippen LogP) is 2.35. The molecule has 0 aromatic carbocycles. The quantitative estimate of drug-likeness (QED) is 0.743. The first kappa shape index (κ1) is 13.1. The van der Waals surface area contributed by atoms with Crippen molar-refractivity contribution in [3.8, 4) is 0 Å². The van der Waals surface area contributed by atoms with E-state index in [4.69, 9.17) is 17.0 Å². The second-order valence-electron chi connectivity index (χ2n) is 5.61. The van der Waals surface area contributed by atoms with Crippen molar-refractivity contribution in [2.75, 3.05) is 13.2 Å². The van der Waals surface area contributed by atoms with Crippen molar-refractivity contribution in [2.45, 2.75) is 63.5 Å². The minimum Gasteiger partial charge on any atom is -0.381 e. The molecule has 1 heterocycles. The van der Waals surface area contributed by atoms with Gasteiger partial charge in [-0.15, -0.1) is 0 Å². The van der Waals surface area contributed by atoms with Crippen molar-refractivity contribution in [1.29, 1.82) is 0 Å². The van der Waals surface area contributed by atoms with Crippen LogP contribution in [0.1, 0.15) is 51.9 Å². The first-order valence-electron chi connectivity index (χ1n) is 6.84. The van der Waals surface area contributed by atoms with Crippen molar-refractivity contribution in [3.63, 3.8) is 0 Å². The lowest BCUT2D eigenvalue weighted by atomic mass is 9.92. The van der Waals surface area contributed by atoms with Gasteiger partial charge in [-0.25, -0.2) is 0 Å². The predicted molar refractivity (Wildman–Crippen MR) is 74.2 cm³/mol. The van der Waals surface area contributed by atoms with E-state index in [1.54, 1.807) is 0 Å². The van der Waals surface area contributed by atoms with Gasteiger partial charge < -0.3 is 15.4 Å². The molecule has 0 amide bonds. The number of hydrogen-bond acceptors (Lipinski definition) is 2. The Morgan fingerprint density at radius 3 is 2.47 bits per heavy atom. The molecule has 2 aliphatic rings. The standard InChI is InChI=1S/C13H24N2OS/c1-13(7-9-16-10-8-13)15-12(17)14-11-5-3-2-4-6-11/h11H,2-10H2,1H3,(H2,14,15,17). The first-order chi connectivity index (χ1) is 8.18. The molecule has 4 heteroatoms. The fourth-order valence-corrected chi connectivity index (χ4v) is 3.10. The van der Waals surface area contributed by atoms with Crippen LogP contribution in [0.4, 0.5) is 0 Å². The Balaban J connectivity index is 1.75. The molecule has 0 spiro atoms. The van der Waals surface area contributed by atoms with Crippen LogP contribution in [0.15, 0.2) is 0 Å². The highest BCUT2D eigenvalue weighted by Gasteiger charge is 2.28. The van der Waals surface area contributed by atoms with Crippen LogP contribution in [-0.2, 0) is 4.74 Å². The Morgan fingerprint density at radius 2 is 1.82 bits per heavy atom. The van der Waals surface area contributed by atoms with Gasteiger partial charge in [-0.2, -0.15) is 0 Å². The number of thiocarbonyl (C=S) groups is 1. The third kappa shape index (κ3) is 4.11. The van der Waals surface area contributed by atoms with E-state index in [0.29, 0.717) is 6.04 Å². The van der Waals surface area contributed by atoms with E-state index >= 15 is 0 Å². The van der Waals surface area contributed by atoms with Crippen LogP contribution in [0, 0.1) is 0 Å². The summed E-state index contributed by atoms with van der Waals surface area (Å²) in [5.74, 6) is 0. The molecular formula is C13H24N2OS. The van der Waals surface area contributed by atoms with E-state index in [9.17, 15) is 0 Å². The average Bonchev–Trinajstić information content (AvgIpc) is 2.30. The molecule has 1 aliphatic heterocycles. The van der Waals surface area contributed by atoms with Gasteiger partial charge in [0, 0.05) is 24.8 Å². The lowest BCUT2D eigenvalue weighted by molar-refractivity contribution is 0.0523. The maximum Gasteiger partial charge on any atom is 0.166 e. The van der Waals surface area contributed by atoms with E-state index in [1.807, 2.05) is 0 Å². The molecule has 0 atom stereocenters. The molecule has 0 radical (unpaired) electrons. The lowest BCUT2D eigenvalue weighted by Gasteiger charge is -2.36. The summed E-state index contributed by atoms with van der Waals surface area (Å²) in [5, 5.41) is 7.79. The fourth-order valence-electron chi connectivity index (χ4n) is 2.69. The van der Waals surface area contributed by atoms with Crippen LogP contribution in [-0.4, -0.2) is 29.9 Å². The topological polar surface area (TPSA) is 33.3 Å². The van der Waals surface area contributed by atoms with Gasteiger partial charge in [0.05, 0.1) is 0 Å². The third-order valence-electron chi connectivity index (χ3n) is 3.95. The van der Waals surface area contributed by atoms with Crippen LogP contribution in [0.3, 0.4) is 0 Å². The van der Waals surface area contributed by atoms with Gasteiger partial charge in [0.1, 0.15) is 0 Å². The second-order valence-corrected chi connectivity index (χ2v) is 6.01. The summed E-state index contributed by atoms with van der Waals surface area (Å²) in [6.07, 6.45) is 8.67. The highest BCUT2D eigenvalue weighted by Crippen LogP contribution is 2.20. The number of hydrogen-bond donors (Lipinski definition) is 2. The van der Waals surface area contributed by atoms with Crippen molar-refractivity contribution in [3.05, 3.63) is 0 Å². The van der Waals surface area contributed by atoms with Gasteiger partial charge in [-0.3, -0.25) is 0 Å². The van der Waals surface area contributed by atoms with Gasteiger partial charge >= 0.3 is 0 Å². The van der Waals surface area contributed by atoms with Crippen molar-refractivity contribution in [1.82, 2.24) is 10.6 Å². The molecule has 98 valence electrons. The van der Waals surface area contributed by atoms with Gasteiger partial charge in [-0.05, 0) is 44.8 Å². The van der Waals surface area contributed by atoms with E-state index < -0.39 is 0 Å². The van der Waals surface area contributed by atoms with E-state index in [1.165, 1.54) is 32.1 Å². The Hall–Kier alpha value is -0.350. The molecule has 1 saturated carbocycles. The molecule has 1 aliphatic carbocycles. The monoisotopic (exact) mass is 256 g/mol. The molecule has 0 unspecified atom stereocenters. The van der Waals surface area contributed by atoms with Crippen molar-refractivity contribution < 1.29 is 4.74 Å². The molecule has 0 bridgehead atoms. The SMILES string of the molecule is CC1(NC(=S)NC2CCCCC2)CCOCC1. The number of nitrogens with one attached hydrogen (secondary N) is 2. The fraction of sp³-hybridized carbons (Fsp3) is 0.923. The lowest BCUT2D eigenvalue weighted by Crippen LogP contribution is -2.54. The van der Waals surface area contributed by atoms with Crippen LogP contribution >= 0.6 is 12.2 Å². The number of ether oxygens (including phenoxy) is 1. The average molecular weight is 256 g/mol. The zero-order valence-corrected chi connectivity index (χ0v) is 11.6. The van der Waals surface area contributed by atoms with Crippen LogP contribution in [0.2, 0.25) is 0 Å². The summed E-state index contributed by atoms with van der Waals surface area (Å²) in [6.45, 7) is 3.93. The molecule has 2 N–H and O–H groups in total. The van der Waals surface area contributed by atoms with Crippen LogP contribution < -0.4 is 10.6 Å². The summed E-state index contributed by atoms with van der Waals surface area (Å²) in [4.78, 5) is 0. The first-order valence-corrected chi connectivity index (χ1v) is 7.25. The summed E-state index contributed by atoms with van der Waals surface area (Å²) < 4.78 is 5.39. The zero-order chi connectivity index (χ0) is 12.1. The summed E-state index contributed by atoms with van der Waals surface area (Å²) >= 11 is 5.42. The van der Waals surface area contributed by atoms with Gasteiger partial charge in [-0.1, -0.05) is 19.3 Å². The molecule has 0 aromatic heterocycles. The van der Waals surface area contributed by atoms with Crippen molar-refractivity contribution >= 4 is 17.3 Å². The largest absolute Gasteiger partial charge is 0.381 e. The van der Waals surface area contributed by atoms with Gasteiger partial charge in [0.15, 0.2) is 5.11 Å². The summed E-state index contributed by atoms with van der Waals surface area (Å²) in [5.41, 5.74) is 0.122. The van der Waals surface area contributed by atoms with Crippen molar-refractivity contribution in [2.24, 2.45) is 0 Å². The molecule has 3 nitrogen and oxygen atoms in total. The highest BCUT2D eigenvalue weighted by molar-refractivity contribution is 7.80. The molecular weight excluding hydrogens is 232 g/mol. The highest BCUT2D eigenvalue weighted by atomic mass is 32.1. The molecule has 1 saturated heterocycles. The number of rotatable bonds is 2. The third-order valence-corrected chi connectivity index (χ3v) is 4.17. The second kappa shape index (κ2) is 6.01. The molecule has 0 aromatic rings. The van der Waals surface area contributed by atoms with Gasteiger partial charge in [0.25, 0.3) is 0 Å². The zero-order valence-electron chi connectivity index (χ0n) is 10.8. The Morgan fingerprint density at radius 1 is 1.18 bits per heavy atom. The Kier molecular flexibility index (Phi) is 4.62. The normalized spacial score (nSPS) is 25.2.